The van der Waals surface area contributed by atoms with Crippen LogP contribution in [0.25, 0.3) is 16.3 Å². The van der Waals surface area contributed by atoms with Gasteiger partial charge in [-0.25, -0.2) is 9.37 Å². The summed E-state index contributed by atoms with van der Waals surface area (Å²) in [6.07, 6.45) is 3.65. The summed E-state index contributed by atoms with van der Waals surface area (Å²) in [5, 5.41) is 11.4. The molecule has 0 spiro atoms. The Labute approximate surface area is 189 Å². The van der Waals surface area contributed by atoms with Gasteiger partial charge in [-0.1, -0.05) is 23.5 Å². The number of carbonyl (C=O) groups excluding carboxylic acids is 1. The molecule has 10 heteroatoms. The summed E-state index contributed by atoms with van der Waals surface area (Å²) in [7, 11) is 3.91. The van der Waals surface area contributed by atoms with Crippen LogP contribution in [0.5, 0.6) is 0 Å². The standard InChI is InChI=1S/C21H21FN4O3S.ClH/c1-24(2)11-4-12-25(21-23-18-9-8-16(22)14-19(18)30-21)20(27)10-7-15-5-3-6-17(13-15)26(28)29;/h3,5-10,13-14H,4,11-12H2,1-2H3;1H. The summed E-state index contributed by atoms with van der Waals surface area (Å²) in [6.45, 7) is 1.23. The number of hydrogen-bond donors (Lipinski definition) is 0. The highest BCUT2D eigenvalue weighted by Crippen LogP contribution is 2.30. The number of aromatic nitrogens is 1. The zero-order chi connectivity index (χ0) is 21.7. The number of nitrogens with zero attached hydrogens (tertiary/aromatic N) is 4. The number of carbonyl (C=O) groups is 1. The van der Waals surface area contributed by atoms with Crippen molar-refractivity contribution in [1.82, 2.24) is 9.88 Å². The first-order valence-corrected chi connectivity index (χ1v) is 10.1. The summed E-state index contributed by atoms with van der Waals surface area (Å²) in [6, 6.07) is 10.4. The topological polar surface area (TPSA) is 79.6 Å². The molecule has 31 heavy (non-hydrogen) atoms. The van der Waals surface area contributed by atoms with E-state index < -0.39 is 4.92 Å². The Kier molecular flexibility index (Phi) is 8.61. The Bertz CT molecular complexity index is 1100. The Morgan fingerprint density at radius 3 is 2.71 bits per heavy atom. The predicted octanol–water partition coefficient (Wildman–Crippen LogP) is 4.76. The lowest BCUT2D eigenvalue weighted by Crippen LogP contribution is -2.32. The van der Waals surface area contributed by atoms with Gasteiger partial charge in [0, 0.05) is 24.8 Å². The van der Waals surface area contributed by atoms with Crippen molar-refractivity contribution in [3.8, 4) is 0 Å². The zero-order valence-electron chi connectivity index (χ0n) is 17.0. The van der Waals surface area contributed by atoms with Gasteiger partial charge < -0.3 is 4.90 Å². The smallest absolute Gasteiger partial charge is 0.270 e. The van der Waals surface area contributed by atoms with E-state index in [-0.39, 0.29) is 29.8 Å². The number of nitro benzene ring substituents is 1. The highest BCUT2D eigenvalue weighted by atomic mass is 35.5. The van der Waals surface area contributed by atoms with Gasteiger partial charge in [-0.15, -0.1) is 12.4 Å². The van der Waals surface area contributed by atoms with Crippen LogP contribution in [0.3, 0.4) is 0 Å². The first-order valence-electron chi connectivity index (χ1n) is 9.28. The molecule has 0 unspecified atom stereocenters. The lowest BCUT2D eigenvalue weighted by Gasteiger charge is -2.19. The van der Waals surface area contributed by atoms with Crippen molar-refractivity contribution >= 4 is 56.8 Å². The monoisotopic (exact) mass is 464 g/mol. The van der Waals surface area contributed by atoms with E-state index >= 15 is 0 Å². The largest absolute Gasteiger partial charge is 0.309 e. The molecule has 1 heterocycles. The number of amides is 1. The molecule has 164 valence electrons. The van der Waals surface area contributed by atoms with Crippen LogP contribution in [0.2, 0.25) is 0 Å². The summed E-state index contributed by atoms with van der Waals surface area (Å²) in [5.41, 5.74) is 1.14. The van der Waals surface area contributed by atoms with Gasteiger partial charge in [0.2, 0.25) is 0 Å². The Hall–Kier alpha value is -2.88. The third kappa shape index (κ3) is 6.55. The van der Waals surface area contributed by atoms with E-state index in [0.29, 0.717) is 27.5 Å². The minimum absolute atomic E-state index is 0. The van der Waals surface area contributed by atoms with Gasteiger partial charge in [0.25, 0.3) is 11.6 Å². The van der Waals surface area contributed by atoms with E-state index in [1.165, 1.54) is 41.7 Å². The van der Waals surface area contributed by atoms with Crippen molar-refractivity contribution in [3.05, 3.63) is 70.0 Å². The maximum atomic E-state index is 13.5. The van der Waals surface area contributed by atoms with Crippen molar-refractivity contribution in [2.45, 2.75) is 6.42 Å². The molecule has 2 aromatic carbocycles. The molecule has 0 saturated carbocycles. The summed E-state index contributed by atoms with van der Waals surface area (Å²) in [4.78, 5) is 31.5. The second kappa shape index (κ2) is 10.9. The fourth-order valence-corrected chi connectivity index (χ4v) is 3.87. The van der Waals surface area contributed by atoms with E-state index in [4.69, 9.17) is 0 Å². The highest BCUT2D eigenvalue weighted by molar-refractivity contribution is 7.22. The molecule has 3 aromatic rings. The first kappa shape index (κ1) is 24.4. The average Bonchev–Trinajstić information content (AvgIpc) is 3.12. The Morgan fingerprint density at radius 2 is 2.00 bits per heavy atom. The van der Waals surface area contributed by atoms with Gasteiger partial charge >= 0.3 is 0 Å². The number of nitro groups is 1. The number of hydrogen-bond acceptors (Lipinski definition) is 6. The number of benzene rings is 2. The minimum Gasteiger partial charge on any atom is -0.309 e. The third-order valence-electron chi connectivity index (χ3n) is 4.32. The highest BCUT2D eigenvalue weighted by Gasteiger charge is 2.18. The Balaban J connectivity index is 0.00000341. The molecule has 0 aliphatic heterocycles. The fraction of sp³-hybridized carbons (Fsp3) is 0.238. The van der Waals surface area contributed by atoms with Crippen LogP contribution in [0, 0.1) is 15.9 Å². The molecule has 1 amide bonds. The zero-order valence-corrected chi connectivity index (χ0v) is 18.7. The molecular weight excluding hydrogens is 443 g/mol. The van der Waals surface area contributed by atoms with Crippen LogP contribution in [-0.2, 0) is 4.79 Å². The number of halogens is 2. The molecular formula is C21H22ClFN4O3S. The quantitative estimate of drug-likeness (QED) is 0.273. The van der Waals surface area contributed by atoms with Crippen molar-refractivity contribution in [2.24, 2.45) is 0 Å². The van der Waals surface area contributed by atoms with Crippen LogP contribution in [0.1, 0.15) is 12.0 Å². The van der Waals surface area contributed by atoms with Crippen molar-refractivity contribution in [2.75, 3.05) is 32.1 Å². The molecule has 3 rings (SSSR count). The van der Waals surface area contributed by atoms with Gasteiger partial charge in [-0.2, -0.15) is 0 Å². The van der Waals surface area contributed by atoms with E-state index in [1.54, 1.807) is 29.2 Å². The third-order valence-corrected chi connectivity index (χ3v) is 5.36. The van der Waals surface area contributed by atoms with Crippen LogP contribution in [0.4, 0.5) is 15.2 Å². The molecule has 0 fully saturated rings. The second-order valence-corrected chi connectivity index (χ2v) is 7.95. The number of anilines is 1. The fourth-order valence-electron chi connectivity index (χ4n) is 2.85. The lowest BCUT2D eigenvalue weighted by atomic mass is 10.2. The van der Waals surface area contributed by atoms with Crippen molar-refractivity contribution in [1.29, 1.82) is 0 Å². The molecule has 7 nitrogen and oxygen atoms in total. The van der Waals surface area contributed by atoms with E-state index in [9.17, 15) is 19.3 Å². The summed E-state index contributed by atoms with van der Waals surface area (Å²) in [5.74, 6) is -0.645. The average molecular weight is 465 g/mol. The molecule has 0 bridgehead atoms. The van der Waals surface area contributed by atoms with Crippen LogP contribution in [-0.4, -0.2) is 47.9 Å². The first-order chi connectivity index (χ1) is 14.3. The molecule has 1 aromatic heterocycles. The van der Waals surface area contributed by atoms with Crippen molar-refractivity contribution < 1.29 is 14.1 Å². The van der Waals surface area contributed by atoms with E-state index in [2.05, 4.69) is 4.98 Å². The molecule has 0 aliphatic carbocycles. The van der Waals surface area contributed by atoms with Crippen molar-refractivity contribution in [3.63, 3.8) is 0 Å². The van der Waals surface area contributed by atoms with Crippen LogP contribution >= 0.6 is 23.7 Å². The van der Waals surface area contributed by atoms with Crippen LogP contribution < -0.4 is 4.90 Å². The van der Waals surface area contributed by atoms with Gasteiger partial charge in [0.05, 0.1) is 15.1 Å². The number of non-ortho nitro benzene ring substituents is 1. The number of thiazole rings is 1. The maximum absolute atomic E-state index is 13.5. The van der Waals surface area contributed by atoms with E-state index in [1.807, 2.05) is 19.0 Å². The molecule has 0 radical (unpaired) electrons. The summed E-state index contributed by atoms with van der Waals surface area (Å²) < 4.78 is 14.2. The number of rotatable bonds is 8. The second-order valence-electron chi connectivity index (χ2n) is 6.94. The lowest BCUT2D eigenvalue weighted by molar-refractivity contribution is -0.384. The normalized spacial score (nSPS) is 11.1. The molecule has 0 saturated heterocycles. The number of fused-ring (bicyclic) bond motifs is 1. The van der Waals surface area contributed by atoms with Crippen LogP contribution in [0.15, 0.2) is 48.5 Å². The Morgan fingerprint density at radius 1 is 1.23 bits per heavy atom. The predicted molar refractivity (Wildman–Crippen MR) is 124 cm³/mol. The SMILES string of the molecule is CN(C)CCCN(C(=O)C=Cc1cccc([N+](=O)[O-])c1)c1nc2ccc(F)cc2s1.Cl. The maximum Gasteiger partial charge on any atom is 0.270 e. The van der Waals surface area contributed by atoms with Gasteiger partial charge in [0.15, 0.2) is 5.13 Å². The minimum atomic E-state index is -0.479. The molecule has 0 atom stereocenters. The van der Waals surface area contributed by atoms with Gasteiger partial charge in [-0.3, -0.25) is 19.8 Å². The van der Waals surface area contributed by atoms with E-state index in [0.717, 1.165) is 13.0 Å². The summed E-state index contributed by atoms with van der Waals surface area (Å²) >= 11 is 1.25. The van der Waals surface area contributed by atoms with Gasteiger partial charge in [-0.05, 0) is 56.9 Å². The molecule has 0 N–H and O–H groups in total. The van der Waals surface area contributed by atoms with Gasteiger partial charge in [0.1, 0.15) is 5.82 Å². The molecule has 0 aliphatic rings.